The number of nitrogens with two attached hydrogens (primary N) is 1. The Morgan fingerprint density at radius 3 is 2.78 bits per heavy atom. The van der Waals surface area contributed by atoms with Gasteiger partial charge in [0.25, 0.3) is 0 Å². The largest absolute Gasteiger partial charge is 0.493 e. The summed E-state index contributed by atoms with van der Waals surface area (Å²) in [6.07, 6.45) is 0. The summed E-state index contributed by atoms with van der Waals surface area (Å²) >= 11 is 1.64. The molecule has 1 rings (SSSR count). The molecule has 18 heavy (non-hydrogen) atoms. The van der Waals surface area contributed by atoms with Crippen LogP contribution in [0.15, 0.2) is 28.3 Å². The van der Waals surface area contributed by atoms with Crippen molar-refractivity contribution in [3.63, 3.8) is 0 Å². The lowest BCUT2D eigenvalue weighted by Gasteiger charge is -2.15. The minimum Gasteiger partial charge on any atom is -0.493 e. The van der Waals surface area contributed by atoms with Crippen molar-refractivity contribution in [2.45, 2.75) is 25.7 Å². The molecule has 0 saturated carbocycles. The Morgan fingerprint density at radius 2 is 2.22 bits per heavy atom. The van der Waals surface area contributed by atoms with E-state index >= 15 is 0 Å². The average Bonchev–Trinajstić information content (AvgIpc) is 2.36. The van der Waals surface area contributed by atoms with Gasteiger partial charge in [-0.15, -0.1) is 11.8 Å². The van der Waals surface area contributed by atoms with Crippen LogP contribution >= 0.6 is 11.8 Å². The van der Waals surface area contributed by atoms with Crippen LogP contribution in [0.1, 0.15) is 26.3 Å². The van der Waals surface area contributed by atoms with Gasteiger partial charge >= 0.3 is 0 Å². The summed E-state index contributed by atoms with van der Waals surface area (Å²) in [5.41, 5.74) is 6.41. The first-order chi connectivity index (χ1) is 8.60. The Morgan fingerprint density at radius 1 is 1.50 bits per heavy atom. The second-order valence-corrected chi connectivity index (χ2v) is 5.56. The molecule has 0 heterocycles. The van der Waals surface area contributed by atoms with Gasteiger partial charge in [0, 0.05) is 4.90 Å². The molecule has 100 valence electrons. The van der Waals surface area contributed by atoms with Gasteiger partial charge in [-0.2, -0.15) is 0 Å². The summed E-state index contributed by atoms with van der Waals surface area (Å²) in [5.74, 6) is 2.09. The molecule has 1 aromatic rings. The van der Waals surface area contributed by atoms with Crippen molar-refractivity contribution in [1.82, 2.24) is 0 Å². The molecule has 0 aliphatic rings. The van der Waals surface area contributed by atoms with E-state index in [1.807, 2.05) is 18.2 Å². The summed E-state index contributed by atoms with van der Waals surface area (Å²) in [4.78, 5) is 0.967. The van der Waals surface area contributed by atoms with Gasteiger partial charge in [0.1, 0.15) is 5.75 Å². The van der Waals surface area contributed by atoms with Crippen molar-refractivity contribution in [2.24, 2.45) is 16.8 Å². The highest BCUT2D eigenvalue weighted by Crippen LogP contribution is 2.30. The Balaban J connectivity index is 3.11. The zero-order valence-corrected chi connectivity index (χ0v) is 11.8. The lowest BCUT2D eigenvalue weighted by molar-refractivity contribution is 0.269. The van der Waals surface area contributed by atoms with Gasteiger partial charge in [-0.1, -0.05) is 32.0 Å². The van der Waals surface area contributed by atoms with Gasteiger partial charge < -0.3 is 15.7 Å². The van der Waals surface area contributed by atoms with E-state index < -0.39 is 0 Å². The van der Waals surface area contributed by atoms with Crippen molar-refractivity contribution in [1.29, 1.82) is 0 Å². The summed E-state index contributed by atoms with van der Waals surface area (Å²) in [7, 11) is 0. The highest BCUT2D eigenvalue weighted by Gasteiger charge is 2.14. The molecule has 0 saturated heterocycles. The van der Waals surface area contributed by atoms with Crippen molar-refractivity contribution in [3.05, 3.63) is 23.8 Å². The van der Waals surface area contributed by atoms with E-state index in [4.69, 9.17) is 15.7 Å². The van der Waals surface area contributed by atoms with Gasteiger partial charge in [-0.05, 0) is 23.8 Å². The number of benzene rings is 1. The highest BCUT2D eigenvalue weighted by molar-refractivity contribution is 7.99. The minimum atomic E-state index is 0.0882. The van der Waals surface area contributed by atoms with Crippen LogP contribution in [0, 0.1) is 5.92 Å². The number of hydrogen-bond donors (Lipinski definition) is 2. The molecule has 0 fully saturated rings. The lowest BCUT2D eigenvalue weighted by atomic mass is 10.2. The van der Waals surface area contributed by atoms with Crippen LogP contribution in [0.4, 0.5) is 0 Å². The van der Waals surface area contributed by atoms with E-state index in [2.05, 4.69) is 25.9 Å². The summed E-state index contributed by atoms with van der Waals surface area (Å²) in [5, 5.41) is 12.0. The van der Waals surface area contributed by atoms with E-state index in [1.54, 1.807) is 11.8 Å². The zero-order valence-electron chi connectivity index (χ0n) is 11.0. The Labute approximate surface area is 112 Å². The van der Waals surface area contributed by atoms with Gasteiger partial charge in [-0.3, -0.25) is 0 Å². The van der Waals surface area contributed by atoms with Gasteiger partial charge in [0.15, 0.2) is 5.84 Å². The molecule has 0 atom stereocenters. The molecule has 5 heteroatoms. The Kier molecular flexibility index (Phi) is 5.85. The molecule has 0 amide bonds. The maximum Gasteiger partial charge on any atom is 0.174 e. The second kappa shape index (κ2) is 7.16. The van der Waals surface area contributed by atoms with Crippen LogP contribution in [0.2, 0.25) is 0 Å². The predicted octanol–water partition coefficient (Wildman–Crippen LogP) is 2.93. The van der Waals surface area contributed by atoms with Crippen LogP contribution < -0.4 is 10.5 Å². The molecule has 0 bridgehead atoms. The van der Waals surface area contributed by atoms with Crippen LogP contribution in [0.5, 0.6) is 5.75 Å². The predicted molar refractivity (Wildman–Crippen MR) is 75.7 cm³/mol. The number of ether oxygens (including phenoxy) is 1. The molecule has 3 N–H and O–H groups in total. The van der Waals surface area contributed by atoms with Crippen molar-refractivity contribution >= 4 is 17.6 Å². The summed E-state index contributed by atoms with van der Waals surface area (Å²) in [6.45, 7) is 6.82. The van der Waals surface area contributed by atoms with E-state index in [1.165, 1.54) is 0 Å². The molecule has 0 spiro atoms. The Bertz CT molecular complexity index is 419. The molecule has 0 radical (unpaired) electrons. The number of oxime groups is 1. The second-order valence-electron chi connectivity index (χ2n) is 4.25. The minimum absolute atomic E-state index is 0.0882. The standard InChI is InChI=1S/C13H20N2O2S/c1-4-18-11-7-5-6-10(17-8-9(2)3)12(11)13(14)15-16/h5-7,9,16H,4,8H2,1-3H3,(H2,14,15). The third-order valence-electron chi connectivity index (χ3n) is 2.22. The number of thioether (sulfide) groups is 1. The SMILES string of the molecule is CCSc1cccc(OCC(C)C)c1/C(N)=N/O. The molecule has 1 aromatic carbocycles. The maximum absolute atomic E-state index is 8.88. The smallest absolute Gasteiger partial charge is 0.174 e. The Hall–Kier alpha value is -1.36. The number of rotatable bonds is 6. The monoisotopic (exact) mass is 268 g/mol. The van der Waals surface area contributed by atoms with E-state index in [9.17, 15) is 0 Å². The van der Waals surface area contributed by atoms with Gasteiger partial charge in [0.2, 0.25) is 0 Å². The zero-order chi connectivity index (χ0) is 13.5. The first-order valence-corrected chi connectivity index (χ1v) is 6.95. The van der Waals surface area contributed by atoms with E-state index in [0.717, 1.165) is 10.6 Å². The van der Waals surface area contributed by atoms with E-state index in [-0.39, 0.29) is 5.84 Å². The van der Waals surface area contributed by atoms with Crippen molar-refractivity contribution < 1.29 is 9.94 Å². The third-order valence-corrected chi connectivity index (χ3v) is 3.16. The summed E-state index contributed by atoms with van der Waals surface area (Å²) in [6, 6.07) is 5.71. The van der Waals surface area contributed by atoms with Crippen LogP contribution in [-0.4, -0.2) is 23.4 Å². The molecular formula is C13H20N2O2S. The highest BCUT2D eigenvalue weighted by atomic mass is 32.2. The summed E-state index contributed by atoms with van der Waals surface area (Å²) < 4.78 is 5.72. The first-order valence-electron chi connectivity index (χ1n) is 5.96. The topological polar surface area (TPSA) is 67.8 Å². The molecule has 0 aromatic heterocycles. The first kappa shape index (κ1) is 14.7. The number of nitrogens with zero attached hydrogens (tertiary/aromatic N) is 1. The fraction of sp³-hybridized carbons (Fsp3) is 0.462. The lowest BCUT2D eigenvalue weighted by Crippen LogP contribution is -2.17. The number of hydrogen-bond acceptors (Lipinski definition) is 4. The molecule has 4 nitrogen and oxygen atoms in total. The normalized spacial score (nSPS) is 11.9. The van der Waals surface area contributed by atoms with Gasteiger partial charge in [-0.25, -0.2) is 0 Å². The van der Waals surface area contributed by atoms with Crippen LogP contribution in [-0.2, 0) is 0 Å². The van der Waals surface area contributed by atoms with Crippen LogP contribution in [0.25, 0.3) is 0 Å². The molecule has 0 aliphatic heterocycles. The van der Waals surface area contributed by atoms with Crippen molar-refractivity contribution in [2.75, 3.05) is 12.4 Å². The molecular weight excluding hydrogens is 248 g/mol. The fourth-order valence-electron chi connectivity index (χ4n) is 1.47. The number of amidine groups is 1. The fourth-order valence-corrected chi connectivity index (χ4v) is 2.30. The van der Waals surface area contributed by atoms with E-state index in [0.29, 0.717) is 23.8 Å². The maximum atomic E-state index is 8.88. The molecule has 0 aliphatic carbocycles. The quantitative estimate of drug-likeness (QED) is 0.274. The average molecular weight is 268 g/mol. The molecule has 0 unspecified atom stereocenters. The van der Waals surface area contributed by atoms with Crippen LogP contribution in [0.3, 0.4) is 0 Å². The van der Waals surface area contributed by atoms with Gasteiger partial charge in [0.05, 0.1) is 12.2 Å². The third kappa shape index (κ3) is 3.84. The van der Waals surface area contributed by atoms with Crippen molar-refractivity contribution in [3.8, 4) is 5.75 Å².